The number of nitrogens with two attached hydrogens (primary N) is 5. The van der Waals surface area contributed by atoms with Gasteiger partial charge in [-0.3, -0.25) is 0 Å². The third-order valence-electron chi connectivity index (χ3n) is 8.20. The fraction of sp³-hybridized carbons (Fsp3) is 1.00. The standard InChI is InChI=1S/C23H45N5O14/c24-3-8-13(31)15(33)11(26)20(38-8)42-19-10(5-30)40-22(17(19)35)37-7-2-23(28,36)1-6(25)18(7)41-21-12(27)16(34)14(32)9(4-29)39-21/h6-22,29-36H,1-5,24-28H2/t6-,7+,8-,9+,10+,11+,12+,13+,14+,15+,16+,17+,18+,19+,20+,21+,22+,23?/m0/s1. The molecule has 4 rings (SSSR count). The Labute approximate surface area is 240 Å². The van der Waals surface area contributed by atoms with E-state index in [1.54, 1.807) is 0 Å². The van der Waals surface area contributed by atoms with Gasteiger partial charge in [0, 0.05) is 25.4 Å². The Morgan fingerprint density at radius 1 is 0.643 bits per heavy atom. The molecule has 1 aliphatic carbocycles. The Bertz CT molecular complexity index is 877. The van der Waals surface area contributed by atoms with Crippen molar-refractivity contribution in [3.63, 3.8) is 0 Å². The van der Waals surface area contributed by atoms with Crippen LogP contribution in [0.3, 0.4) is 0 Å². The third-order valence-corrected chi connectivity index (χ3v) is 8.20. The second kappa shape index (κ2) is 13.7. The Balaban J connectivity index is 1.49. The van der Waals surface area contributed by atoms with Crippen molar-refractivity contribution in [2.45, 2.75) is 123 Å². The summed E-state index contributed by atoms with van der Waals surface area (Å²) in [6, 6.07) is -3.49. The van der Waals surface area contributed by atoms with E-state index in [0.29, 0.717) is 0 Å². The zero-order chi connectivity index (χ0) is 31.1. The SMILES string of the molecule is NC[C@@H]1O[C@H](O[C@H]2[C@@H](O)[C@H](O[C@@H]3CC(N)(O)C[C@H](N)[C@H]3O[C@H]3O[C@H](CO)[C@@H](O)[C@H](O)[C@H]3N)O[C@@H]2CO)[C@H](N)[C@@H](O)[C@@H]1O. The first-order valence-electron chi connectivity index (χ1n) is 13.8. The van der Waals surface area contributed by atoms with Crippen molar-refractivity contribution in [2.24, 2.45) is 28.7 Å². The summed E-state index contributed by atoms with van der Waals surface area (Å²) in [6.07, 6.45) is -19.1. The van der Waals surface area contributed by atoms with Crippen LogP contribution in [0.15, 0.2) is 0 Å². The van der Waals surface area contributed by atoms with E-state index in [0.717, 1.165) is 0 Å². The summed E-state index contributed by atoms with van der Waals surface area (Å²) in [5.41, 5.74) is 28.0. The molecule has 42 heavy (non-hydrogen) atoms. The first-order chi connectivity index (χ1) is 19.7. The van der Waals surface area contributed by atoms with Gasteiger partial charge in [0.05, 0.1) is 31.4 Å². The van der Waals surface area contributed by atoms with Crippen molar-refractivity contribution < 1.29 is 69.3 Å². The van der Waals surface area contributed by atoms with E-state index in [9.17, 15) is 40.9 Å². The molecule has 19 nitrogen and oxygen atoms in total. The number of aliphatic hydroxyl groups excluding tert-OH is 7. The number of aliphatic hydroxyl groups is 8. The Hall–Kier alpha value is -0.760. The molecule has 0 aromatic carbocycles. The summed E-state index contributed by atoms with van der Waals surface area (Å²) in [5, 5.41) is 82.0. The molecule has 4 fully saturated rings. The minimum absolute atomic E-state index is 0.152. The first kappa shape index (κ1) is 34.1. The lowest BCUT2D eigenvalue weighted by Crippen LogP contribution is -2.67. The Morgan fingerprint density at radius 2 is 1.14 bits per heavy atom. The predicted octanol–water partition coefficient (Wildman–Crippen LogP) is -8.51. The quantitative estimate of drug-likeness (QED) is 0.107. The van der Waals surface area contributed by atoms with Gasteiger partial charge in [0.2, 0.25) is 0 Å². The van der Waals surface area contributed by atoms with Crippen LogP contribution in [0.2, 0.25) is 0 Å². The molecular formula is C23H45N5O14. The maximum atomic E-state index is 11.1. The highest BCUT2D eigenvalue weighted by molar-refractivity contribution is 5.00. The lowest BCUT2D eigenvalue weighted by molar-refractivity contribution is -0.308. The fourth-order valence-corrected chi connectivity index (χ4v) is 5.77. The molecule has 4 aliphatic rings. The molecule has 0 aromatic rings. The van der Waals surface area contributed by atoms with Crippen LogP contribution in [0, 0.1) is 0 Å². The molecule has 3 heterocycles. The van der Waals surface area contributed by atoms with Gasteiger partial charge in [0.1, 0.15) is 66.8 Å². The highest BCUT2D eigenvalue weighted by atomic mass is 16.8. The molecule has 3 saturated heterocycles. The van der Waals surface area contributed by atoms with Crippen LogP contribution in [-0.4, -0.2) is 170 Å². The Morgan fingerprint density at radius 3 is 1.69 bits per heavy atom. The molecule has 0 spiro atoms. The first-order valence-corrected chi connectivity index (χ1v) is 13.8. The average Bonchev–Trinajstić information content (AvgIpc) is 3.23. The van der Waals surface area contributed by atoms with Crippen molar-refractivity contribution in [3.8, 4) is 0 Å². The van der Waals surface area contributed by atoms with Crippen molar-refractivity contribution in [2.75, 3.05) is 19.8 Å². The number of rotatable bonds is 9. The highest BCUT2D eigenvalue weighted by Gasteiger charge is 2.54. The van der Waals surface area contributed by atoms with Crippen LogP contribution >= 0.6 is 0 Å². The van der Waals surface area contributed by atoms with Gasteiger partial charge in [-0.1, -0.05) is 0 Å². The van der Waals surface area contributed by atoms with E-state index in [1.165, 1.54) is 0 Å². The minimum atomic E-state index is -1.82. The van der Waals surface area contributed by atoms with Gasteiger partial charge in [0.15, 0.2) is 18.9 Å². The molecule has 18 N–H and O–H groups in total. The molecule has 0 aromatic heterocycles. The van der Waals surface area contributed by atoms with Crippen LogP contribution in [0.1, 0.15) is 12.8 Å². The third kappa shape index (κ3) is 6.89. The van der Waals surface area contributed by atoms with E-state index in [1.807, 2.05) is 0 Å². The van der Waals surface area contributed by atoms with Crippen molar-refractivity contribution >= 4 is 0 Å². The molecule has 246 valence electrons. The summed E-state index contributed by atoms with van der Waals surface area (Å²) < 4.78 is 34.5. The number of hydrogen-bond acceptors (Lipinski definition) is 19. The monoisotopic (exact) mass is 615 g/mol. The van der Waals surface area contributed by atoms with E-state index in [-0.39, 0.29) is 19.4 Å². The molecule has 1 saturated carbocycles. The zero-order valence-electron chi connectivity index (χ0n) is 22.8. The van der Waals surface area contributed by atoms with Crippen molar-refractivity contribution in [1.29, 1.82) is 0 Å². The van der Waals surface area contributed by atoms with Gasteiger partial charge < -0.3 is 97.9 Å². The van der Waals surface area contributed by atoms with E-state index in [4.69, 9.17) is 57.1 Å². The van der Waals surface area contributed by atoms with Gasteiger partial charge in [-0.05, 0) is 0 Å². The summed E-state index contributed by atoms with van der Waals surface area (Å²) in [6.45, 7) is -1.46. The summed E-state index contributed by atoms with van der Waals surface area (Å²) in [5.74, 6) is 0. The molecule has 0 amide bonds. The van der Waals surface area contributed by atoms with Crippen LogP contribution in [-0.2, 0) is 28.4 Å². The normalized spacial score (nSPS) is 53.8. The van der Waals surface area contributed by atoms with Gasteiger partial charge in [0.25, 0.3) is 0 Å². The van der Waals surface area contributed by atoms with Crippen LogP contribution in [0.5, 0.6) is 0 Å². The maximum absolute atomic E-state index is 11.1. The predicted molar refractivity (Wildman–Crippen MR) is 136 cm³/mol. The molecule has 1 unspecified atom stereocenters. The van der Waals surface area contributed by atoms with Gasteiger partial charge in [-0.15, -0.1) is 0 Å². The summed E-state index contributed by atoms with van der Waals surface area (Å²) in [7, 11) is 0. The number of ether oxygens (including phenoxy) is 6. The van der Waals surface area contributed by atoms with Gasteiger partial charge in [-0.25, -0.2) is 0 Å². The van der Waals surface area contributed by atoms with E-state index in [2.05, 4.69) is 0 Å². The molecule has 19 heteroatoms. The lowest BCUT2D eigenvalue weighted by Gasteiger charge is -2.47. The lowest BCUT2D eigenvalue weighted by atomic mass is 9.84. The largest absolute Gasteiger partial charge is 0.394 e. The minimum Gasteiger partial charge on any atom is -0.394 e. The second-order valence-electron chi connectivity index (χ2n) is 11.4. The van der Waals surface area contributed by atoms with E-state index >= 15 is 0 Å². The summed E-state index contributed by atoms with van der Waals surface area (Å²) >= 11 is 0. The topological polar surface area (TPSA) is 347 Å². The number of hydrogen-bond donors (Lipinski definition) is 13. The van der Waals surface area contributed by atoms with Crippen LogP contribution in [0.4, 0.5) is 0 Å². The fourth-order valence-electron chi connectivity index (χ4n) is 5.77. The molecule has 0 radical (unpaired) electrons. The highest BCUT2D eigenvalue weighted by Crippen LogP contribution is 2.35. The summed E-state index contributed by atoms with van der Waals surface area (Å²) in [4.78, 5) is 0. The Kier molecular flexibility index (Phi) is 11.1. The average molecular weight is 616 g/mol. The van der Waals surface area contributed by atoms with Gasteiger partial charge in [-0.2, -0.15) is 0 Å². The molecule has 3 aliphatic heterocycles. The molecule has 18 atom stereocenters. The second-order valence-corrected chi connectivity index (χ2v) is 11.4. The smallest absolute Gasteiger partial charge is 0.187 e. The van der Waals surface area contributed by atoms with E-state index < -0.39 is 123 Å². The van der Waals surface area contributed by atoms with Crippen molar-refractivity contribution in [1.82, 2.24) is 0 Å². The van der Waals surface area contributed by atoms with Crippen LogP contribution < -0.4 is 28.7 Å². The zero-order valence-corrected chi connectivity index (χ0v) is 22.8. The maximum Gasteiger partial charge on any atom is 0.187 e. The van der Waals surface area contributed by atoms with Crippen LogP contribution in [0.25, 0.3) is 0 Å². The molecule has 0 bridgehead atoms. The van der Waals surface area contributed by atoms with Gasteiger partial charge >= 0.3 is 0 Å². The molecular weight excluding hydrogens is 570 g/mol. The van der Waals surface area contributed by atoms with Crippen molar-refractivity contribution in [3.05, 3.63) is 0 Å².